The predicted molar refractivity (Wildman–Crippen MR) is 82.4 cm³/mol. The van der Waals surface area contributed by atoms with Gasteiger partial charge in [0.05, 0.1) is 6.61 Å². The first kappa shape index (κ1) is 13.9. The summed E-state index contributed by atoms with van der Waals surface area (Å²) in [5.74, 6) is 0.00429. The van der Waals surface area contributed by atoms with Crippen LogP contribution in [0.15, 0.2) is 40.3 Å². The summed E-state index contributed by atoms with van der Waals surface area (Å²) in [6.45, 7) is 2.17. The molecule has 0 N–H and O–H groups in total. The Kier molecular flexibility index (Phi) is 4.09. The lowest BCUT2D eigenvalue weighted by Gasteiger charge is -2.12. The van der Waals surface area contributed by atoms with Crippen LogP contribution in [0.1, 0.15) is 48.7 Å². The molecule has 110 valence electrons. The summed E-state index contributed by atoms with van der Waals surface area (Å²) >= 11 is 0. The second kappa shape index (κ2) is 6.17. The van der Waals surface area contributed by atoms with E-state index in [4.69, 9.17) is 9.15 Å². The van der Waals surface area contributed by atoms with Gasteiger partial charge in [0, 0.05) is 10.9 Å². The van der Waals surface area contributed by atoms with E-state index in [-0.39, 0.29) is 5.97 Å². The first-order valence-electron chi connectivity index (χ1n) is 7.65. The minimum Gasteiger partial charge on any atom is -0.460 e. The number of allylic oxidation sites excluding steroid dienone is 2. The van der Waals surface area contributed by atoms with Crippen molar-refractivity contribution in [2.24, 2.45) is 0 Å². The quantitative estimate of drug-likeness (QED) is 0.606. The largest absolute Gasteiger partial charge is 0.460 e. The highest BCUT2D eigenvalue weighted by Gasteiger charge is 2.22. The number of fused-ring (bicyclic) bond motifs is 1. The molecule has 1 heterocycles. The number of benzene rings is 1. The first-order chi connectivity index (χ1) is 10.3. The van der Waals surface area contributed by atoms with Crippen molar-refractivity contribution in [3.63, 3.8) is 0 Å². The van der Waals surface area contributed by atoms with Crippen LogP contribution in [0.3, 0.4) is 0 Å². The van der Waals surface area contributed by atoms with Gasteiger partial charge in [-0.2, -0.15) is 0 Å². The number of para-hydroxylation sites is 1. The molecule has 0 fully saturated rings. The number of hydrogen-bond donors (Lipinski definition) is 0. The van der Waals surface area contributed by atoms with E-state index < -0.39 is 0 Å². The Morgan fingerprint density at radius 1 is 1.29 bits per heavy atom. The number of esters is 1. The number of furan rings is 1. The van der Waals surface area contributed by atoms with Crippen LogP contribution in [0.25, 0.3) is 11.0 Å². The van der Waals surface area contributed by atoms with Crippen LogP contribution in [0.4, 0.5) is 0 Å². The van der Waals surface area contributed by atoms with Crippen molar-refractivity contribution >= 4 is 16.9 Å². The molecule has 0 spiro atoms. The maximum absolute atomic E-state index is 12.1. The average molecular weight is 284 g/mol. The number of ether oxygens (including phenoxy) is 1. The summed E-state index contributed by atoms with van der Waals surface area (Å²) in [6.07, 6.45) is 7.84. The van der Waals surface area contributed by atoms with Crippen molar-refractivity contribution < 1.29 is 13.9 Å². The Balaban J connectivity index is 2.02. The highest BCUT2D eigenvalue weighted by molar-refractivity contribution is 5.96. The maximum atomic E-state index is 12.1. The zero-order chi connectivity index (χ0) is 14.7. The van der Waals surface area contributed by atoms with Gasteiger partial charge in [0.25, 0.3) is 0 Å². The standard InChI is InChI=1S/C18H20O3/c1-2-20-18(19)17-15(12-13-8-4-3-5-9-13)14-10-6-7-11-16(14)21-17/h6-8,10-11H,2-5,9,12H2,1H3. The molecule has 2 aromatic rings. The van der Waals surface area contributed by atoms with Gasteiger partial charge in [-0.1, -0.05) is 29.8 Å². The zero-order valence-corrected chi connectivity index (χ0v) is 12.4. The molecule has 0 amide bonds. The summed E-state index contributed by atoms with van der Waals surface area (Å²) in [7, 11) is 0. The molecule has 0 aliphatic heterocycles. The Morgan fingerprint density at radius 2 is 2.14 bits per heavy atom. The smallest absolute Gasteiger partial charge is 0.374 e. The SMILES string of the molecule is CCOC(=O)c1oc2ccccc2c1CC1=CCCCC1. The number of carbonyl (C=O) groups excluding carboxylic acids is 1. The van der Waals surface area contributed by atoms with Crippen molar-refractivity contribution in [2.45, 2.75) is 39.0 Å². The molecule has 3 heteroatoms. The molecule has 0 bridgehead atoms. The van der Waals surface area contributed by atoms with Crippen molar-refractivity contribution in [3.05, 3.63) is 47.2 Å². The van der Waals surface area contributed by atoms with Gasteiger partial charge >= 0.3 is 5.97 Å². The highest BCUT2D eigenvalue weighted by Crippen LogP contribution is 2.31. The normalized spacial score (nSPS) is 15.0. The van der Waals surface area contributed by atoms with E-state index >= 15 is 0 Å². The molecule has 3 rings (SSSR count). The van der Waals surface area contributed by atoms with Gasteiger partial charge in [-0.05, 0) is 45.1 Å². The second-order valence-electron chi connectivity index (χ2n) is 5.41. The van der Waals surface area contributed by atoms with E-state index in [1.807, 2.05) is 31.2 Å². The molecular weight excluding hydrogens is 264 g/mol. The molecule has 1 aromatic heterocycles. The van der Waals surface area contributed by atoms with Crippen molar-refractivity contribution in [1.29, 1.82) is 0 Å². The topological polar surface area (TPSA) is 39.4 Å². The van der Waals surface area contributed by atoms with E-state index in [2.05, 4.69) is 6.08 Å². The van der Waals surface area contributed by atoms with Gasteiger partial charge in [-0.25, -0.2) is 4.79 Å². The molecule has 21 heavy (non-hydrogen) atoms. The fraction of sp³-hybridized carbons (Fsp3) is 0.389. The molecule has 1 aliphatic carbocycles. The van der Waals surface area contributed by atoms with Gasteiger partial charge < -0.3 is 9.15 Å². The molecule has 0 unspecified atom stereocenters. The molecule has 1 aromatic carbocycles. The Bertz CT molecular complexity index is 679. The monoisotopic (exact) mass is 284 g/mol. The van der Waals surface area contributed by atoms with E-state index in [0.29, 0.717) is 12.4 Å². The van der Waals surface area contributed by atoms with Gasteiger partial charge in [-0.15, -0.1) is 0 Å². The van der Waals surface area contributed by atoms with Gasteiger partial charge in [0.15, 0.2) is 0 Å². The van der Waals surface area contributed by atoms with Crippen molar-refractivity contribution in [3.8, 4) is 0 Å². The lowest BCUT2D eigenvalue weighted by Crippen LogP contribution is -2.07. The molecule has 0 radical (unpaired) electrons. The van der Waals surface area contributed by atoms with Crippen molar-refractivity contribution in [2.75, 3.05) is 6.61 Å². The average Bonchev–Trinajstić information content (AvgIpc) is 2.88. The van der Waals surface area contributed by atoms with Crippen LogP contribution >= 0.6 is 0 Å². The third-order valence-electron chi connectivity index (χ3n) is 3.95. The molecule has 1 aliphatic rings. The molecule has 0 saturated carbocycles. The minimum atomic E-state index is -0.361. The second-order valence-corrected chi connectivity index (χ2v) is 5.41. The number of rotatable bonds is 4. The molecular formula is C18H20O3. The Morgan fingerprint density at radius 3 is 2.90 bits per heavy atom. The summed E-state index contributed by atoms with van der Waals surface area (Å²) in [4.78, 5) is 12.1. The fourth-order valence-electron chi connectivity index (χ4n) is 2.93. The molecule has 0 atom stereocenters. The third kappa shape index (κ3) is 2.87. The number of carbonyl (C=O) groups is 1. The van der Waals surface area contributed by atoms with Crippen LogP contribution in [0.2, 0.25) is 0 Å². The van der Waals surface area contributed by atoms with E-state index in [1.165, 1.54) is 18.4 Å². The van der Waals surface area contributed by atoms with Gasteiger partial charge in [-0.3, -0.25) is 0 Å². The summed E-state index contributed by atoms with van der Waals surface area (Å²) in [5, 5.41) is 1.02. The van der Waals surface area contributed by atoms with Crippen LogP contribution in [0, 0.1) is 0 Å². The molecule has 3 nitrogen and oxygen atoms in total. The van der Waals surface area contributed by atoms with Crippen LogP contribution in [0.5, 0.6) is 0 Å². The maximum Gasteiger partial charge on any atom is 0.374 e. The summed E-state index contributed by atoms with van der Waals surface area (Å²) < 4.78 is 10.9. The van der Waals surface area contributed by atoms with Crippen LogP contribution in [-0.4, -0.2) is 12.6 Å². The lowest BCUT2D eigenvalue weighted by molar-refractivity contribution is 0.0491. The van der Waals surface area contributed by atoms with Gasteiger partial charge in [0.2, 0.25) is 5.76 Å². The third-order valence-corrected chi connectivity index (χ3v) is 3.95. The zero-order valence-electron chi connectivity index (χ0n) is 12.4. The first-order valence-corrected chi connectivity index (χ1v) is 7.65. The lowest BCUT2D eigenvalue weighted by atomic mass is 9.93. The van der Waals surface area contributed by atoms with E-state index in [1.54, 1.807) is 0 Å². The fourth-order valence-corrected chi connectivity index (χ4v) is 2.93. The van der Waals surface area contributed by atoms with E-state index in [0.717, 1.165) is 35.8 Å². The highest BCUT2D eigenvalue weighted by atomic mass is 16.5. The molecule has 0 saturated heterocycles. The predicted octanol–water partition coefficient (Wildman–Crippen LogP) is 4.65. The van der Waals surface area contributed by atoms with Crippen LogP contribution < -0.4 is 0 Å². The van der Waals surface area contributed by atoms with E-state index in [9.17, 15) is 4.79 Å². The Hall–Kier alpha value is -2.03. The Labute approximate surface area is 124 Å². The number of hydrogen-bond acceptors (Lipinski definition) is 3. The van der Waals surface area contributed by atoms with Gasteiger partial charge in [0.1, 0.15) is 5.58 Å². The van der Waals surface area contributed by atoms with Crippen LogP contribution in [-0.2, 0) is 11.2 Å². The minimum absolute atomic E-state index is 0.359. The summed E-state index contributed by atoms with van der Waals surface area (Å²) in [6, 6.07) is 7.81. The van der Waals surface area contributed by atoms with Crippen molar-refractivity contribution in [1.82, 2.24) is 0 Å². The summed E-state index contributed by atoms with van der Waals surface area (Å²) in [5.41, 5.74) is 3.13.